The fraction of sp³-hybridized carbons (Fsp3) is 0.222. The SMILES string of the molecule is N#Cc1ccc(Oc2ccc(-c3noc(C4CCCO4)n3)cc2)nc1. The summed E-state index contributed by atoms with van der Waals surface area (Å²) in [6, 6.07) is 12.6. The van der Waals surface area contributed by atoms with Crippen LogP contribution in [0.2, 0.25) is 0 Å². The van der Waals surface area contributed by atoms with Crippen LogP contribution in [0.5, 0.6) is 11.6 Å². The number of nitrogens with zero attached hydrogens (tertiary/aromatic N) is 4. The van der Waals surface area contributed by atoms with Gasteiger partial charge in [-0.05, 0) is 43.2 Å². The summed E-state index contributed by atoms with van der Waals surface area (Å²) >= 11 is 0. The molecule has 2 aromatic heterocycles. The van der Waals surface area contributed by atoms with Gasteiger partial charge in [0.2, 0.25) is 11.7 Å². The number of ether oxygens (including phenoxy) is 2. The first-order valence-corrected chi connectivity index (χ1v) is 7.91. The Morgan fingerprint density at radius 1 is 1.16 bits per heavy atom. The third kappa shape index (κ3) is 3.34. The highest BCUT2D eigenvalue weighted by Gasteiger charge is 2.24. The van der Waals surface area contributed by atoms with Crippen LogP contribution in [-0.4, -0.2) is 21.7 Å². The predicted molar refractivity (Wildman–Crippen MR) is 86.7 cm³/mol. The van der Waals surface area contributed by atoms with Crippen molar-refractivity contribution in [3.8, 4) is 29.1 Å². The number of hydrogen-bond donors (Lipinski definition) is 0. The topological polar surface area (TPSA) is 94.1 Å². The minimum Gasteiger partial charge on any atom is -0.439 e. The molecule has 4 rings (SSSR count). The van der Waals surface area contributed by atoms with Gasteiger partial charge >= 0.3 is 0 Å². The van der Waals surface area contributed by atoms with Crippen molar-refractivity contribution >= 4 is 0 Å². The van der Waals surface area contributed by atoms with Gasteiger partial charge in [-0.25, -0.2) is 4.98 Å². The van der Waals surface area contributed by atoms with Crippen molar-refractivity contribution in [3.63, 3.8) is 0 Å². The van der Waals surface area contributed by atoms with Crippen molar-refractivity contribution < 1.29 is 14.0 Å². The van der Waals surface area contributed by atoms with E-state index in [1.54, 1.807) is 24.3 Å². The molecule has 7 nitrogen and oxygen atoms in total. The summed E-state index contributed by atoms with van der Waals surface area (Å²) < 4.78 is 16.5. The molecule has 3 heterocycles. The number of rotatable bonds is 4. The summed E-state index contributed by atoms with van der Waals surface area (Å²) in [5.74, 6) is 2.10. The second kappa shape index (κ2) is 6.71. The highest BCUT2D eigenvalue weighted by atomic mass is 16.5. The van der Waals surface area contributed by atoms with Crippen molar-refractivity contribution in [2.24, 2.45) is 0 Å². The van der Waals surface area contributed by atoms with Crippen LogP contribution in [-0.2, 0) is 4.74 Å². The monoisotopic (exact) mass is 334 g/mol. The third-order valence-electron chi connectivity index (χ3n) is 3.85. The van der Waals surface area contributed by atoms with Crippen molar-refractivity contribution in [3.05, 3.63) is 54.0 Å². The van der Waals surface area contributed by atoms with E-state index in [0.717, 1.165) is 25.0 Å². The van der Waals surface area contributed by atoms with E-state index >= 15 is 0 Å². The van der Waals surface area contributed by atoms with E-state index in [2.05, 4.69) is 15.1 Å². The van der Waals surface area contributed by atoms with E-state index in [-0.39, 0.29) is 6.10 Å². The Bertz CT molecular complexity index is 891. The lowest BCUT2D eigenvalue weighted by molar-refractivity contribution is 0.0835. The molecule has 0 radical (unpaired) electrons. The van der Waals surface area contributed by atoms with Gasteiger partial charge < -0.3 is 14.0 Å². The number of pyridine rings is 1. The second-order valence-electron chi connectivity index (χ2n) is 5.58. The molecule has 0 N–H and O–H groups in total. The molecule has 124 valence electrons. The molecule has 1 saturated heterocycles. The summed E-state index contributed by atoms with van der Waals surface area (Å²) in [5, 5.41) is 12.8. The molecule has 0 spiro atoms. The van der Waals surface area contributed by atoms with Crippen LogP contribution in [0.3, 0.4) is 0 Å². The molecular weight excluding hydrogens is 320 g/mol. The second-order valence-corrected chi connectivity index (χ2v) is 5.58. The summed E-state index contributed by atoms with van der Waals surface area (Å²) in [6.07, 6.45) is 3.30. The van der Waals surface area contributed by atoms with Crippen LogP contribution in [0.15, 0.2) is 47.1 Å². The first-order valence-electron chi connectivity index (χ1n) is 7.91. The first-order chi connectivity index (χ1) is 12.3. The van der Waals surface area contributed by atoms with Crippen LogP contribution >= 0.6 is 0 Å². The first kappa shape index (κ1) is 15.3. The normalized spacial score (nSPS) is 16.5. The predicted octanol–water partition coefficient (Wildman–Crippen LogP) is 3.65. The number of hydrogen-bond acceptors (Lipinski definition) is 7. The van der Waals surface area contributed by atoms with Crippen LogP contribution in [0, 0.1) is 11.3 Å². The summed E-state index contributed by atoms with van der Waals surface area (Å²) in [6.45, 7) is 0.734. The Balaban J connectivity index is 1.47. The van der Waals surface area contributed by atoms with Crippen molar-refractivity contribution in [1.29, 1.82) is 5.26 Å². The minimum atomic E-state index is -0.0914. The average molecular weight is 334 g/mol. The third-order valence-corrected chi connectivity index (χ3v) is 3.85. The Hall–Kier alpha value is -3.24. The van der Waals surface area contributed by atoms with Gasteiger partial charge in [0.25, 0.3) is 5.89 Å². The summed E-state index contributed by atoms with van der Waals surface area (Å²) in [7, 11) is 0. The summed E-state index contributed by atoms with van der Waals surface area (Å²) in [4.78, 5) is 8.48. The average Bonchev–Trinajstić information content (AvgIpc) is 3.35. The minimum absolute atomic E-state index is 0.0914. The molecule has 0 aliphatic carbocycles. The lowest BCUT2D eigenvalue weighted by Gasteiger charge is -2.04. The molecule has 0 saturated carbocycles. The summed E-state index contributed by atoms with van der Waals surface area (Å²) in [5.41, 5.74) is 1.31. The molecule has 25 heavy (non-hydrogen) atoms. The van der Waals surface area contributed by atoms with E-state index in [0.29, 0.717) is 28.9 Å². The quantitative estimate of drug-likeness (QED) is 0.718. The zero-order valence-corrected chi connectivity index (χ0v) is 13.3. The molecule has 1 fully saturated rings. The van der Waals surface area contributed by atoms with Crippen LogP contribution in [0.1, 0.15) is 30.4 Å². The van der Waals surface area contributed by atoms with Gasteiger partial charge in [-0.15, -0.1) is 0 Å². The van der Waals surface area contributed by atoms with E-state index < -0.39 is 0 Å². The Morgan fingerprint density at radius 2 is 2.04 bits per heavy atom. The fourth-order valence-corrected chi connectivity index (χ4v) is 2.56. The maximum atomic E-state index is 8.77. The van der Waals surface area contributed by atoms with Gasteiger partial charge in [0.1, 0.15) is 17.9 Å². The standard InChI is InChI=1S/C18H14N4O3/c19-10-12-3-8-16(20-11-12)24-14-6-4-13(5-7-14)17-21-18(25-22-17)15-2-1-9-23-15/h3-8,11,15H,1-2,9H2. The van der Waals surface area contributed by atoms with Crippen LogP contribution < -0.4 is 4.74 Å². The molecule has 1 aromatic carbocycles. The molecule has 7 heteroatoms. The van der Waals surface area contributed by atoms with E-state index in [4.69, 9.17) is 19.3 Å². The Kier molecular flexibility index (Phi) is 4.11. The van der Waals surface area contributed by atoms with Gasteiger partial charge in [0.05, 0.1) is 5.56 Å². The highest BCUT2D eigenvalue weighted by Crippen LogP contribution is 2.29. The maximum Gasteiger partial charge on any atom is 0.256 e. The molecule has 1 aliphatic heterocycles. The largest absolute Gasteiger partial charge is 0.439 e. The molecule has 1 unspecified atom stereocenters. The number of nitriles is 1. The zero-order chi connectivity index (χ0) is 17.1. The van der Waals surface area contributed by atoms with Crippen LogP contribution in [0.4, 0.5) is 0 Å². The van der Waals surface area contributed by atoms with Gasteiger partial charge in [0.15, 0.2) is 0 Å². The molecule has 0 bridgehead atoms. The maximum absolute atomic E-state index is 8.77. The molecule has 0 amide bonds. The van der Waals surface area contributed by atoms with Crippen molar-refractivity contribution in [2.45, 2.75) is 18.9 Å². The van der Waals surface area contributed by atoms with Gasteiger partial charge in [-0.3, -0.25) is 0 Å². The van der Waals surface area contributed by atoms with E-state index in [1.807, 2.05) is 18.2 Å². The van der Waals surface area contributed by atoms with Gasteiger partial charge in [-0.1, -0.05) is 5.16 Å². The Labute approximate surface area is 143 Å². The van der Waals surface area contributed by atoms with Crippen molar-refractivity contribution in [2.75, 3.05) is 6.61 Å². The molecule has 1 atom stereocenters. The van der Waals surface area contributed by atoms with Gasteiger partial charge in [-0.2, -0.15) is 10.2 Å². The molecular formula is C18H14N4O3. The fourth-order valence-electron chi connectivity index (χ4n) is 2.56. The Morgan fingerprint density at radius 3 is 2.72 bits per heavy atom. The lowest BCUT2D eigenvalue weighted by atomic mass is 10.2. The van der Waals surface area contributed by atoms with Crippen molar-refractivity contribution in [1.82, 2.24) is 15.1 Å². The number of aromatic nitrogens is 3. The zero-order valence-electron chi connectivity index (χ0n) is 13.3. The molecule has 3 aromatic rings. The number of benzene rings is 1. The molecule has 1 aliphatic rings. The van der Waals surface area contributed by atoms with Gasteiger partial charge in [0, 0.05) is 24.4 Å². The smallest absolute Gasteiger partial charge is 0.256 e. The van der Waals surface area contributed by atoms with Crippen LogP contribution in [0.25, 0.3) is 11.4 Å². The highest BCUT2D eigenvalue weighted by molar-refractivity contribution is 5.55. The lowest BCUT2D eigenvalue weighted by Crippen LogP contribution is -1.95. The van der Waals surface area contributed by atoms with E-state index in [1.165, 1.54) is 6.20 Å². The van der Waals surface area contributed by atoms with E-state index in [9.17, 15) is 0 Å².